The molecule has 0 spiro atoms. The molecule has 1 saturated heterocycles. The van der Waals surface area contributed by atoms with E-state index in [2.05, 4.69) is 25.2 Å². The van der Waals surface area contributed by atoms with E-state index in [4.69, 9.17) is 4.74 Å². The standard InChI is InChI=1S/C14H15N5O3/c20-13-2-1-10(8-15-13)14(21)18-11-7-12(17-9-16-11)19-3-5-22-6-4-19/h1-2,7-9H,3-6H2,(H,15,20)(H,16,17,18,21). The van der Waals surface area contributed by atoms with Crippen molar-refractivity contribution in [3.63, 3.8) is 0 Å². The van der Waals surface area contributed by atoms with E-state index in [0.717, 1.165) is 18.9 Å². The number of pyridine rings is 1. The van der Waals surface area contributed by atoms with Crippen LogP contribution in [0.25, 0.3) is 0 Å². The first-order chi connectivity index (χ1) is 10.7. The second-order valence-corrected chi connectivity index (χ2v) is 4.76. The normalized spacial score (nSPS) is 14.6. The number of aromatic amines is 1. The summed E-state index contributed by atoms with van der Waals surface area (Å²) in [6, 6.07) is 4.47. The summed E-state index contributed by atoms with van der Waals surface area (Å²) >= 11 is 0. The van der Waals surface area contributed by atoms with Crippen LogP contribution in [0.5, 0.6) is 0 Å². The summed E-state index contributed by atoms with van der Waals surface area (Å²) in [5.74, 6) is 0.811. The summed E-state index contributed by atoms with van der Waals surface area (Å²) < 4.78 is 5.30. The fourth-order valence-electron chi connectivity index (χ4n) is 2.12. The summed E-state index contributed by atoms with van der Waals surface area (Å²) in [7, 11) is 0. The molecule has 1 aliphatic rings. The van der Waals surface area contributed by atoms with Gasteiger partial charge in [0, 0.05) is 31.4 Å². The molecule has 1 amide bonds. The van der Waals surface area contributed by atoms with Gasteiger partial charge in [0.25, 0.3) is 5.91 Å². The molecule has 2 aromatic rings. The average Bonchev–Trinajstić information content (AvgIpc) is 2.56. The molecule has 0 aliphatic carbocycles. The zero-order chi connectivity index (χ0) is 15.4. The Morgan fingerprint density at radius 2 is 2.09 bits per heavy atom. The van der Waals surface area contributed by atoms with E-state index in [1.165, 1.54) is 24.7 Å². The summed E-state index contributed by atoms with van der Waals surface area (Å²) in [6.07, 6.45) is 2.77. The number of amides is 1. The minimum atomic E-state index is -0.345. The van der Waals surface area contributed by atoms with Gasteiger partial charge < -0.3 is 19.9 Å². The van der Waals surface area contributed by atoms with Crippen LogP contribution in [0.4, 0.5) is 11.6 Å². The SMILES string of the molecule is O=C(Nc1cc(N2CCOCC2)ncn1)c1ccc(=O)[nH]c1. The number of nitrogens with one attached hydrogen (secondary N) is 2. The van der Waals surface area contributed by atoms with Gasteiger partial charge in [0.1, 0.15) is 18.0 Å². The molecule has 1 aliphatic heterocycles. The Kier molecular flexibility index (Phi) is 4.10. The fourth-order valence-corrected chi connectivity index (χ4v) is 2.12. The number of anilines is 2. The molecule has 2 N–H and O–H groups in total. The molecule has 8 heteroatoms. The number of rotatable bonds is 3. The Bertz CT molecular complexity index is 704. The third-order valence-corrected chi connectivity index (χ3v) is 3.28. The monoisotopic (exact) mass is 301 g/mol. The Hall–Kier alpha value is -2.74. The zero-order valence-corrected chi connectivity index (χ0v) is 11.8. The third-order valence-electron chi connectivity index (χ3n) is 3.28. The fraction of sp³-hybridized carbons (Fsp3) is 0.286. The summed E-state index contributed by atoms with van der Waals surface area (Å²) in [5.41, 5.74) is 0.0966. The van der Waals surface area contributed by atoms with Crippen LogP contribution < -0.4 is 15.8 Å². The molecular weight excluding hydrogens is 286 g/mol. The molecule has 3 heterocycles. The van der Waals surface area contributed by atoms with E-state index in [0.29, 0.717) is 24.6 Å². The lowest BCUT2D eigenvalue weighted by atomic mass is 10.2. The molecule has 114 valence electrons. The van der Waals surface area contributed by atoms with Crippen LogP contribution in [0.3, 0.4) is 0 Å². The van der Waals surface area contributed by atoms with E-state index in [1.54, 1.807) is 6.07 Å². The topological polar surface area (TPSA) is 100 Å². The van der Waals surface area contributed by atoms with Crippen molar-refractivity contribution in [1.29, 1.82) is 0 Å². The van der Waals surface area contributed by atoms with Crippen molar-refractivity contribution < 1.29 is 9.53 Å². The van der Waals surface area contributed by atoms with E-state index in [1.807, 2.05) is 0 Å². The number of aromatic nitrogens is 3. The van der Waals surface area contributed by atoms with Crippen LogP contribution in [-0.2, 0) is 4.74 Å². The predicted molar refractivity (Wildman–Crippen MR) is 80.1 cm³/mol. The van der Waals surface area contributed by atoms with Crippen molar-refractivity contribution in [2.45, 2.75) is 0 Å². The van der Waals surface area contributed by atoms with Crippen LogP contribution in [0.1, 0.15) is 10.4 Å². The lowest BCUT2D eigenvalue weighted by molar-refractivity contribution is 0.102. The Labute approximate surface area is 126 Å². The number of nitrogens with zero attached hydrogens (tertiary/aromatic N) is 3. The maximum absolute atomic E-state index is 12.1. The molecule has 0 unspecified atom stereocenters. The number of carbonyl (C=O) groups excluding carboxylic acids is 1. The highest BCUT2D eigenvalue weighted by Gasteiger charge is 2.14. The van der Waals surface area contributed by atoms with Crippen LogP contribution in [0.15, 0.2) is 35.5 Å². The lowest BCUT2D eigenvalue weighted by Crippen LogP contribution is -2.36. The van der Waals surface area contributed by atoms with Gasteiger partial charge in [-0.05, 0) is 6.07 Å². The molecule has 2 aromatic heterocycles. The van der Waals surface area contributed by atoms with E-state index < -0.39 is 0 Å². The van der Waals surface area contributed by atoms with Crippen LogP contribution in [0.2, 0.25) is 0 Å². The molecule has 8 nitrogen and oxygen atoms in total. The van der Waals surface area contributed by atoms with Gasteiger partial charge in [-0.1, -0.05) is 0 Å². The molecule has 3 rings (SSSR count). The minimum absolute atomic E-state index is 0.256. The first kappa shape index (κ1) is 14.2. The third kappa shape index (κ3) is 3.29. The average molecular weight is 301 g/mol. The van der Waals surface area contributed by atoms with Gasteiger partial charge in [0.15, 0.2) is 0 Å². The van der Waals surface area contributed by atoms with Crippen LogP contribution in [-0.4, -0.2) is 47.2 Å². The van der Waals surface area contributed by atoms with Gasteiger partial charge in [0.2, 0.25) is 5.56 Å². The van der Waals surface area contributed by atoms with Crippen molar-refractivity contribution >= 4 is 17.5 Å². The molecule has 0 aromatic carbocycles. The van der Waals surface area contributed by atoms with E-state index in [9.17, 15) is 9.59 Å². The first-order valence-electron chi connectivity index (χ1n) is 6.87. The number of ether oxygens (including phenoxy) is 1. The largest absolute Gasteiger partial charge is 0.378 e. The minimum Gasteiger partial charge on any atom is -0.378 e. The number of hydrogen-bond donors (Lipinski definition) is 2. The molecule has 0 bridgehead atoms. The summed E-state index contributed by atoms with van der Waals surface area (Å²) in [6.45, 7) is 2.82. The maximum atomic E-state index is 12.1. The van der Waals surface area contributed by atoms with Crippen molar-refractivity contribution in [2.75, 3.05) is 36.5 Å². The molecular formula is C14H15N5O3. The zero-order valence-electron chi connectivity index (χ0n) is 11.8. The van der Waals surface area contributed by atoms with Gasteiger partial charge in [0.05, 0.1) is 18.8 Å². The Morgan fingerprint density at radius 3 is 2.82 bits per heavy atom. The summed E-state index contributed by atoms with van der Waals surface area (Å²) in [5, 5.41) is 2.69. The molecule has 0 atom stereocenters. The predicted octanol–water partition coefficient (Wildman–Crippen LogP) is 0.254. The van der Waals surface area contributed by atoms with Crippen LogP contribution >= 0.6 is 0 Å². The lowest BCUT2D eigenvalue weighted by Gasteiger charge is -2.27. The van der Waals surface area contributed by atoms with E-state index in [-0.39, 0.29) is 11.5 Å². The van der Waals surface area contributed by atoms with Crippen molar-refractivity contribution in [3.05, 3.63) is 46.6 Å². The number of carbonyl (C=O) groups is 1. The van der Waals surface area contributed by atoms with Gasteiger partial charge in [-0.15, -0.1) is 0 Å². The van der Waals surface area contributed by atoms with Crippen molar-refractivity contribution in [3.8, 4) is 0 Å². The van der Waals surface area contributed by atoms with Gasteiger partial charge in [-0.25, -0.2) is 9.97 Å². The van der Waals surface area contributed by atoms with Gasteiger partial charge in [-0.3, -0.25) is 9.59 Å². The highest BCUT2D eigenvalue weighted by Crippen LogP contribution is 2.15. The van der Waals surface area contributed by atoms with Crippen molar-refractivity contribution in [1.82, 2.24) is 15.0 Å². The Morgan fingerprint density at radius 1 is 1.27 bits per heavy atom. The number of morpholine rings is 1. The second kappa shape index (κ2) is 6.35. The quantitative estimate of drug-likeness (QED) is 0.843. The number of H-pyrrole nitrogens is 1. The highest BCUT2D eigenvalue weighted by molar-refractivity contribution is 6.03. The molecule has 0 radical (unpaired) electrons. The second-order valence-electron chi connectivity index (χ2n) is 4.76. The Balaban J connectivity index is 1.73. The maximum Gasteiger partial charge on any atom is 0.258 e. The molecule has 1 fully saturated rings. The molecule has 22 heavy (non-hydrogen) atoms. The first-order valence-corrected chi connectivity index (χ1v) is 6.87. The highest BCUT2D eigenvalue weighted by atomic mass is 16.5. The van der Waals surface area contributed by atoms with Crippen LogP contribution in [0, 0.1) is 0 Å². The number of hydrogen-bond acceptors (Lipinski definition) is 6. The smallest absolute Gasteiger partial charge is 0.258 e. The van der Waals surface area contributed by atoms with Gasteiger partial charge >= 0.3 is 0 Å². The molecule has 0 saturated carbocycles. The van der Waals surface area contributed by atoms with E-state index >= 15 is 0 Å². The van der Waals surface area contributed by atoms with Gasteiger partial charge in [-0.2, -0.15) is 0 Å². The summed E-state index contributed by atoms with van der Waals surface area (Å²) in [4.78, 5) is 35.9. The van der Waals surface area contributed by atoms with Crippen molar-refractivity contribution in [2.24, 2.45) is 0 Å².